The number of nitrogens with zero attached hydrogens (tertiary/aromatic N) is 2. The van der Waals surface area contributed by atoms with Crippen molar-refractivity contribution in [1.29, 1.82) is 5.26 Å². The molecule has 3 atom stereocenters. The fraction of sp³-hybridized carbons (Fsp3) is 0.929. The lowest BCUT2D eigenvalue weighted by Gasteiger charge is -2.31. The summed E-state index contributed by atoms with van der Waals surface area (Å²) in [7, 11) is 1.78. The second-order valence-corrected chi connectivity index (χ2v) is 5.57. The Bertz CT molecular complexity index is 289. The Labute approximate surface area is 111 Å². The maximum atomic E-state index is 9.35. The molecule has 0 aromatic carbocycles. The molecule has 1 N–H and O–H groups in total. The molecular formula is C14H27N3O. The molecular weight excluding hydrogens is 226 g/mol. The zero-order valence-electron chi connectivity index (χ0n) is 12.2. The quantitative estimate of drug-likeness (QED) is 0.751. The van der Waals surface area contributed by atoms with E-state index >= 15 is 0 Å². The zero-order chi connectivity index (χ0) is 13.6. The molecule has 1 aliphatic rings. The summed E-state index contributed by atoms with van der Waals surface area (Å²) in [4.78, 5) is 2.43. The molecule has 4 nitrogen and oxygen atoms in total. The lowest BCUT2D eigenvalue weighted by molar-refractivity contribution is 0.0991. The van der Waals surface area contributed by atoms with Crippen LogP contribution in [0.25, 0.3) is 0 Å². The number of nitrogens with one attached hydrogen (secondary N) is 1. The number of ether oxygens (including phenoxy) is 1. The first-order valence-corrected chi connectivity index (χ1v) is 6.97. The summed E-state index contributed by atoms with van der Waals surface area (Å²) < 4.78 is 5.39. The van der Waals surface area contributed by atoms with E-state index in [0.29, 0.717) is 12.1 Å². The van der Waals surface area contributed by atoms with Crippen LogP contribution in [0, 0.1) is 11.3 Å². The van der Waals surface area contributed by atoms with Crippen molar-refractivity contribution in [3.63, 3.8) is 0 Å². The molecule has 4 heteroatoms. The molecule has 0 radical (unpaired) electrons. The van der Waals surface area contributed by atoms with Crippen LogP contribution in [0.4, 0.5) is 0 Å². The van der Waals surface area contributed by atoms with Gasteiger partial charge in [0.1, 0.15) is 5.54 Å². The van der Waals surface area contributed by atoms with Crippen LogP contribution in [0.3, 0.4) is 0 Å². The molecule has 1 fully saturated rings. The highest BCUT2D eigenvalue weighted by Crippen LogP contribution is 2.21. The van der Waals surface area contributed by atoms with Crippen LogP contribution in [-0.2, 0) is 4.74 Å². The third kappa shape index (κ3) is 4.24. The molecule has 1 saturated heterocycles. The molecule has 1 rings (SSSR count). The molecule has 0 amide bonds. The number of hydrogen-bond donors (Lipinski definition) is 1. The highest BCUT2D eigenvalue weighted by atomic mass is 16.5. The summed E-state index contributed by atoms with van der Waals surface area (Å²) >= 11 is 0. The van der Waals surface area contributed by atoms with Crippen LogP contribution in [-0.4, -0.2) is 49.3 Å². The van der Waals surface area contributed by atoms with Gasteiger partial charge in [-0.15, -0.1) is 0 Å². The van der Waals surface area contributed by atoms with Gasteiger partial charge < -0.3 is 4.74 Å². The summed E-state index contributed by atoms with van der Waals surface area (Å²) in [5.41, 5.74) is -0.416. The van der Waals surface area contributed by atoms with Gasteiger partial charge in [0.2, 0.25) is 0 Å². The number of rotatable bonds is 7. The van der Waals surface area contributed by atoms with Gasteiger partial charge in [0, 0.05) is 26.2 Å². The summed E-state index contributed by atoms with van der Waals surface area (Å²) in [5, 5.41) is 12.7. The first-order valence-electron chi connectivity index (χ1n) is 6.97. The van der Waals surface area contributed by atoms with Crippen molar-refractivity contribution in [3.05, 3.63) is 0 Å². The zero-order valence-corrected chi connectivity index (χ0v) is 12.2. The highest BCUT2D eigenvalue weighted by Gasteiger charge is 2.31. The molecule has 3 unspecified atom stereocenters. The Morgan fingerprint density at radius 2 is 2.33 bits per heavy atom. The second-order valence-electron chi connectivity index (χ2n) is 5.57. The van der Waals surface area contributed by atoms with Crippen molar-refractivity contribution < 1.29 is 4.74 Å². The van der Waals surface area contributed by atoms with E-state index in [1.165, 1.54) is 0 Å². The summed E-state index contributed by atoms with van der Waals surface area (Å²) in [5.74, 6) is 0. The van der Waals surface area contributed by atoms with Gasteiger partial charge >= 0.3 is 0 Å². The Hall–Kier alpha value is -0.630. The van der Waals surface area contributed by atoms with Gasteiger partial charge in [0.05, 0.1) is 12.2 Å². The first kappa shape index (κ1) is 15.4. The van der Waals surface area contributed by atoms with Gasteiger partial charge in [-0.3, -0.25) is 10.2 Å². The van der Waals surface area contributed by atoms with Crippen molar-refractivity contribution in [2.45, 2.75) is 57.7 Å². The molecule has 0 aromatic heterocycles. The normalized spacial score (nSPS) is 25.6. The fourth-order valence-electron chi connectivity index (χ4n) is 2.62. The van der Waals surface area contributed by atoms with Crippen LogP contribution in [0.2, 0.25) is 0 Å². The summed E-state index contributed by atoms with van der Waals surface area (Å²) in [6, 6.07) is 2.84. The molecule has 18 heavy (non-hydrogen) atoms. The van der Waals surface area contributed by atoms with Crippen LogP contribution in [0.5, 0.6) is 0 Å². The Morgan fingerprint density at radius 1 is 1.61 bits per heavy atom. The number of likely N-dealkylation sites (tertiary alicyclic amines) is 1. The molecule has 0 spiro atoms. The van der Waals surface area contributed by atoms with Crippen LogP contribution in [0.15, 0.2) is 0 Å². The van der Waals surface area contributed by atoms with E-state index in [9.17, 15) is 5.26 Å². The van der Waals surface area contributed by atoms with Gasteiger partial charge in [-0.2, -0.15) is 5.26 Å². The van der Waals surface area contributed by atoms with Gasteiger partial charge in [-0.05, 0) is 39.7 Å². The topological polar surface area (TPSA) is 48.3 Å². The smallest absolute Gasteiger partial charge is 0.105 e. The van der Waals surface area contributed by atoms with Gasteiger partial charge in [-0.1, -0.05) is 6.92 Å². The second kappa shape index (κ2) is 7.08. The summed E-state index contributed by atoms with van der Waals surface area (Å²) in [6.07, 6.45) is 3.39. The average Bonchev–Trinajstić information content (AvgIpc) is 2.85. The number of nitriles is 1. The van der Waals surface area contributed by atoms with Gasteiger partial charge in [0.25, 0.3) is 0 Å². The van der Waals surface area contributed by atoms with Crippen LogP contribution < -0.4 is 5.32 Å². The van der Waals surface area contributed by atoms with Crippen LogP contribution >= 0.6 is 0 Å². The summed E-state index contributed by atoms with van der Waals surface area (Å²) in [6.45, 7) is 9.31. The SMILES string of the molecule is CCCNC(C)(C#N)CC(C)N1CCC(OC)C1. The molecule has 0 aliphatic carbocycles. The fourth-order valence-corrected chi connectivity index (χ4v) is 2.62. The predicted octanol–water partition coefficient (Wildman–Crippen LogP) is 1.77. The third-order valence-electron chi connectivity index (χ3n) is 3.85. The minimum absolute atomic E-state index is 0.365. The monoisotopic (exact) mass is 253 g/mol. The van der Waals surface area contributed by atoms with E-state index in [2.05, 4.69) is 30.1 Å². The van der Waals surface area contributed by atoms with Crippen molar-refractivity contribution in [2.24, 2.45) is 0 Å². The van der Waals surface area contributed by atoms with Gasteiger partial charge in [0.15, 0.2) is 0 Å². The minimum atomic E-state index is -0.416. The molecule has 1 aliphatic heterocycles. The van der Waals surface area contributed by atoms with E-state index in [0.717, 1.165) is 38.9 Å². The van der Waals surface area contributed by atoms with E-state index < -0.39 is 5.54 Å². The van der Waals surface area contributed by atoms with E-state index in [1.54, 1.807) is 7.11 Å². The lowest BCUT2D eigenvalue weighted by atomic mass is 9.94. The first-order chi connectivity index (χ1) is 8.54. The van der Waals surface area contributed by atoms with E-state index in [4.69, 9.17) is 4.74 Å². The van der Waals surface area contributed by atoms with Crippen molar-refractivity contribution in [3.8, 4) is 6.07 Å². The van der Waals surface area contributed by atoms with Crippen LogP contribution in [0.1, 0.15) is 40.0 Å². The van der Waals surface area contributed by atoms with Crippen molar-refractivity contribution in [1.82, 2.24) is 10.2 Å². The highest BCUT2D eigenvalue weighted by molar-refractivity contribution is 5.05. The molecule has 1 heterocycles. The van der Waals surface area contributed by atoms with E-state index in [-0.39, 0.29) is 0 Å². The van der Waals surface area contributed by atoms with E-state index in [1.807, 2.05) is 6.92 Å². The molecule has 0 aromatic rings. The van der Waals surface area contributed by atoms with Crippen molar-refractivity contribution >= 4 is 0 Å². The largest absolute Gasteiger partial charge is 0.380 e. The molecule has 104 valence electrons. The minimum Gasteiger partial charge on any atom is -0.380 e. The number of methoxy groups -OCH3 is 1. The Kier molecular flexibility index (Phi) is 6.07. The number of hydrogen-bond acceptors (Lipinski definition) is 4. The molecule has 0 saturated carbocycles. The molecule has 0 bridgehead atoms. The third-order valence-corrected chi connectivity index (χ3v) is 3.85. The predicted molar refractivity (Wildman–Crippen MR) is 73.4 cm³/mol. The maximum absolute atomic E-state index is 9.35. The maximum Gasteiger partial charge on any atom is 0.105 e. The average molecular weight is 253 g/mol. The van der Waals surface area contributed by atoms with Gasteiger partial charge in [-0.25, -0.2) is 0 Å². The standard InChI is InChI=1S/C14H27N3O/c1-5-7-16-14(3,11-15)9-12(2)17-8-6-13(10-17)18-4/h12-13,16H,5-10H2,1-4H3. The Balaban J connectivity index is 2.47. The van der Waals surface area contributed by atoms with Crippen molar-refractivity contribution in [2.75, 3.05) is 26.7 Å². The Morgan fingerprint density at radius 3 is 2.83 bits per heavy atom. The lowest BCUT2D eigenvalue weighted by Crippen LogP contribution is -2.47.